The van der Waals surface area contributed by atoms with Gasteiger partial charge in [-0.2, -0.15) is 44.3 Å². The normalized spacial score (nSPS) is 18.6. The zero-order valence-corrected chi connectivity index (χ0v) is 24.5. The minimum Gasteiger partial charge on any atom is -0.371 e. The molecule has 1 saturated heterocycles. The van der Waals surface area contributed by atoms with Crippen molar-refractivity contribution >= 4 is 11.6 Å². The Bertz CT molecular complexity index is 1460. The van der Waals surface area contributed by atoms with Gasteiger partial charge in [0.1, 0.15) is 0 Å². The molecule has 2 aliphatic rings. The lowest BCUT2D eigenvalue weighted by atomic mass is 9.93. The lowest BCUT2D eigenvalue weighted by Gasteiger charge is -2.35. The summed E-state index contributed by atoms with van der Waals surface area (Å²) in [7, 11) is 1.45. The van der Waals surface area contributed by atoms with Crippen LogP contribution < -0.4 is 15.1 Å². The van der Waals surface area contributed by atoms with Crippen LogP contribution in [0.15, 0.2) is 30.3 Å². The molecule has 3 heterocycles. The number of rotatable bonds is 6. The number of hydrogen-bond donors (Lipinski definition) is 1. The van der Waals surface area contributed by atoms with Crippen LogP contribution in [0.3, 0.4) is 0 Å². The molecule has 0 radical (unpaired) electrons. The molecule has 0 unspecified atom stereocenters. The Hall–Kier alpha value is -3.56. The zero-order chi connectivity index (χ0) is 32.7. The first-order valence-corrected chi connectivity index (χ1v) is 14.5. The molecule has 3 aromatic rings. The second kappa shape index (κ2) is 12.3. The molecule has 1 fully saturated rings. The van der Waals surface area contributed by atoms with Gasteiger partial charge in [0, 0.05) is 25.3 Å². The van der Waals surface area contributed by atoms with Crippen LogP contribution in [-0.4, -0.2) is 46.4 Å². The number of halogens is 9. The van der Waals surface area contributed by atoms with Crippen LogP contribution in [0.1, 0.15) is 65.1 Å². The molecule has 5 rings (SSSR count). The summed E-state index contributed by atoms with van der Waals surface area (Å²) in [5, 5.41) is 15.3. The third-order valence-corrected chi connectivity index (χ3v) is 8.35. The summed E-state index contributed by atoms with van der Waals surface area (Å²) in [6, 6.07) is 3.07. The Kier molecular flexibility index (Phi) is 8.99. The summed E-state index contributed by atoms with van der Waals surface area (Å²) >= 11 is 0. The molecule has 0 spiro atoms. The van der Waals surface area contributed by atoms with Crippen LogP contribution in [0.25, 0.3) is 0 Å². The summed E-state index contributed by atoms with van der Waals surface area (Å²) in [6.45, 7) is 3.34. The van der Waals surface area contributed by atoms with E-state index < -0.39 is 47.8 Å². The van der Waals surface area contributed by atoms with E-state index in [1.54, 1.807) is 0 Å². The topological polar surface area (TPSA) is 62.1 Å². The van der Waals surface area contributed by atoms with E-state index in [1.807, 2.05) is 4.90 Å². The van der Waals surface area contributed by atoms with Crippen LogP contribution in [0.4, 0.5) is 51.1 Å². The highest BCUT2D eigenvalue weighted by Crippen LogP contribution is 2.44. The number of anilines is 2. The van der Waals surface area contributed by atoms with E-state index in [4.69, 9.17) is 0 Å². The third-order valence-electron chi connectivity index (χ3n) is 8.35. The van der Waals surface area contributed by atoms with Gasteiger partial charge in [0.2, 0.25) is 0 Å². The maximum Gasteiger partial charge on any atom is 0.416 e. The maximum absolute atomic E-state index is 14.1. The van der Waals surface area contributed by atoms with E-state index in [0.717, 1.165) is 36.8 Å². The smallest absolute Gasteiger partial charge is 0.371 e. The molecule has 0 aliphatic carbocycles. The number of alkyl halides is 9. The quantitative estimate of drug-likeness (QED) is 0.293. The number of nitrogens with one attached hydrogen (secondary N) is 1. The fourth-order valence-electron chi connectivity index (χ4n) is 6.22. The van der Waals surface area contributed by atoms with E-state index >= 15 is 0 Å². The van der Waals surface area contributed by atoms with E-state index in [0.29, 0.717) is 49.3 Å². The zero-order valence-electron chi connectivity index (χ0n) is 24.5. The molecule has 45 heavy (non-hydrogen) atoms. The fraction of sp³-hybridized carbons (Fsp3) is 0.552. The van der Waals surface area contributed by atoms with Crippen molar-refractivity contribution in [1.29, 1.82) is 0 Å². The molecule has 0 amide bonds. The minimum absolute atomic E-state index is 0.0516. The first-order valence-electron chi connectivity index (χ1n) is 14.5. The van der Waals surface area contributed by atoms with Crippen LogP contribution in [0.5, 0.6) is 0 Å². The van der Waals surface area contributed by atoms with Crippen molar-refractivity contribution in [3.63, 3.8) is 0 Å². The van der Waals surface area contributed by atoms with Gasteiger partial charge in [-0.15, -0.1) is 5.10 Å². The van der Waals surface area contributed by atoms with Crippen molar-refractivity contribution in [2.75, 3.05) is 36.0 Å². The van der Waals surface area contributed by atoms with Gasteiger partial charge in [0.05, 0.1) is 29.8 Å². The van der Waals surface area contributed by atoms with Gasteiger partial charge in [0.15, 0.2) is 0 Å². The molecule has 2 aliphatic heterocycles. The number of tetrazole rings is 1. The number of hydrogen-bond acceptors (Lipinski definition) is 6. The largest absolute Gasteiger partial charge is 0.416 e. The highest BCUT2D eigenvalue weighted by molar-refractivity contribution is 5.62. The highest BCUT2D eigenvalue weighted by Gasteiger charge is 2.39. The summed E-state index contributed by atoms with van der Waals surface area (Å²) in [5.74, 6) is 0.152. The van der Waals surface area contributed by atoms with E-state index in [2.05, 4.69) is 20.7 Å². The Morgan fingerprint density at radius 2 is 1.51 bits per heavy atom. The lowest BCUT2D eigenvalue weighted by molar-refractivity contribution is -0.143. The van der Waals surface area contributed by atoms with Gasteiger partial charge in [-0.05, 0) is 97.8 Å². The van der Waals surface area contributed by atoms with Gasteiger partial charge in [-0.25, -0.2) is 0 Å². The molecule has 246 valence electrons. The van der Waals surface area contributed by atoms with Crippen LogP contribution in [0, 0.1) is 12.8 Å². The van der Waals surface area contributed by atoms with Crippen LogP contribution in [-0.2, 0) is 32.1 Å². The number of benzene rings is 2. The second-order valence-corrected chi connectivity index (χ2v) is 11.6. The summed E-state index contributed by atoms with van der Waals surface area (Å²) in [5.41, 5.74) is -3.34. The number of piperidine rings is 1. The van der Waals surface area contributed by atoms with E-state index in [1.165, 1.54) is 24.9 Å². The van der Waals surface area contributed by atoms with Crippen molar-refractivity contribution < 1.29 is 39.5 Å². The van der Waals surface area contributed by atoms with Crippen molar-refractivity contribution in [2.45, 2.75) is 63.7 Å². The molecular formula is C29H32F9N7. The van der Waals surface area contributed by atoms with Crippen molar-refractivity contribution in [3.8, 4) is 0 Å². The number of aromatic nitrogens is 4. The SMILES string of the molecule is Cc1cc2c(cc1C(F)(F)F)N(CC1CCNCC1)CCC[C@@H]2N(Cc1cc(C(F)(F)F)cc(C(F)(F)F)c1)c1nnn(C)n1. The first-order chi connectivity index (χ1) is 21.0. The van der Waals surface area contributed by atoms with E-state index in [9.17, 15) is 39.5 Å². The highest BCUT2D eigenvalue weighted by atomic mass is 19.4. The summed E-state index contributed by atoms with van der Waals surface area (Å²) in [4.78, 5) is 4.45. The maximum atomic E-state index is 14.1. The molecule has 1 atom stereocenters. The number of fused-ring (bicyclic) bond motifs is 1. The summed E-state index contributed by atoms with van der Waals surface area (Å²) in [6.07, 6.45) is -12.2. The molecule has 0 saturated carbocycles. The predicted octanol–water partition coefficient (Wildman–Crippen LogP) is 6.92. The average Bonchev–Trinajstić information content (AvgIpc) is 3.30. The van der Waals surface area contributed by atoms with Crippen LogP contribution in [0.2, 0.25) is 0 Å². The van der Waals surface area contributed by atoms with Gasteiger partial charge in [0.25, 0.3) is 5.95 Å². The molecule has 2 aromatic carbocycles. The van der Waals surface area contributed by atoms with E-state index in [-0.39, 0.29) is 29.1 Å². The molecule has 1 N–H and O–H groups in total. The Morgan fingerprint density at radius 3 is 2.07 bits per heavy atom. The van der Waals surface area contributed by atoms with Crippen LogP contribution >= 0.6 is 0 Å². The first kappa shape index (κ1) is 32.8. The number of nitrogens with zero attached hydrogens (tertiary/aromatic N) is 6. The predicted molar refractivity (Wildman–Crippen MR) is 147 cm³/mol. The van der Waals surface area contributed by atoms with Crippen molar-refractivity contribution in [2.24, 2.45) is 13.0 Å². The van der Waals surface area contributed by atoms with Gasteiger partial charge in [-0.3, -0.25) is 0 Å². The molecule has 0 bridgehead atoms. The Morgan fingerprint density at radius 1 is 0.867 bits per heavy atom. The molecule has 16 heteroatoms. The molecule has 7 nitrogen and oxygen atoms in total. The Balaban J connectivity index is 1.64. The van der Waals surface area contributed by atoms with Crippen molar-refractivity contribution in [1.82, 2.24) is 25.5 Å². The fourth-order valence-corrected chi connectivity index (χ4v) is 6.22. The molecular weight excluding hydrogens is 617 g/mol. The van der Waals surface area contributed by atoms with Crippen molar-refractivity contribution in [3.05, 3.63) is 63.7 Å². The monoisotopic (exact) mass is 649 g/mol. The standard InChI is InChI=1S/C29H32F9N7/c1-17-10-22-24(4-3-9-44(15-18-5-7-39-8-6-18)25(22)14-23(17)29(36,37)38)45(26-40-42-43(2)41-26)16-19-11-20(27(30,31)32)13-21(12-19)28(33,34)35/h10-14,18,24,39H,3-9,15-16H2,1-2H3/t24-/m0/s1. The Labute approximate surface area is 253 Å². The number of aryl methyl sites for hydroxylation is 2. The molecule has 1 aromatic heterocycles. The lowest BCUT2D eigenvalue weighted by Crippen LogP contribution is -2.37. The summed E-state index contributed by atoms with van der Waals surface area (Å²) < 4.78 is 125. The third kappa shape index (κ3) is 7.47. The van der Waals surface area contributed by atoms with Gasteiger partial charge < -0.3 is 15.1 Å². The van der Waals surface area contributed by atoms with Gasteiger partial charge >= 0.3 is 18.5 Å². The average molecular weight is 650 g/mol. The van der Waals surface area contributed by atoms with Gasteiger partial charge in [-0.1, -0.05) is 11.2 Å². The minimum atomic E-state index is -5.05. The second-order valence-electron chi connectivity index (χ2n) is 11.6.